The number of amides is 2. The molecule has 1 aliphatic heterocycles. The van der Waals surface area contributed by atoms with Crippen LogP contribution in [0.2, 0.25) is 0 Å². The van der Waals surface area contributed by atoms with Crippen molar-refractivity contribution in [1.82, 2.24) is 10.2 Å². The van der Waals surface area contributed by atoms with Crippen molar-refractivity contribution in [2.75, 3.05) is 47.6 Å². The molecule has 0 aliphatic carbocycles. The third-order valence-electron chi connectivity index (χ3n) is 4.92. The van der Waals surface area contributed by atoms with Gasteiger partial charge in [0.25, 0.3) is 11.8 Å². The van der Waals surface area contributed by atoms with E-state index in [4.69, 9.17) is 18.9 Å². The van der Waals surface area contributed by atoms with Crippen molar-refractivity contribution in [3.05, 3.63) is 57.7 Å². The Morgan fingerprint density at radius 1 is 0.969 bits per heavy atom. The van der Waals surface area contributed by atoms with Gasteiger partial charge >= 0.3 is 0 Å². The summed E-state index contributed by atoms with van der Waals surface area (Å²) in [6.45, 7) is 1.76. The number of rotatable bonds is 7. The summed E-state index contributed by atoms with van der Waals surface area (Å²) >= 11 is 3.35. The van der Waals surface area contributed by atoms with E-state index in [9.17, 15) is 9.59 Å². The molecule has 1 N–H and O–H groups in total. The Balaban J connectivity index is 2.01. The molecule has 0 radical (unpaired) electrons. The molecule has 0 aromatic heterocycles. The zero-order valence-electron chi connectivity index (χ0n) is 18.1. The SMILES string of the molecule is COc1ccc(C=C(NC(=O)c2ccc(Br)cc2)C(=O)N2CCOCC2)c(OC)c1OC. The lowest BCUT2D eigenvalue weighted by Crippen LogP contribution is -2.44. The molecule has 8 nitrogen and oxygen atoms in total. The summed E-state index contributed by atoms with van der Waals surface area (Å²) in [5, 5.41) is 2.76. The van der Waals surface area contributed by atoms with Gasteiger partial charge in [0.15, 0.2) is 11.5 Å². The largest absolute Gasteiger partial charge is 0.493 e. The first-order valence-electron chi connectivity index (χ1n) is 9.93. The van der Waals surface area contributed by atoms with Crippen molar-refractivity contribution in [2.45, 2.75) is 0 Å². The summed E-state index contributed by atoms with van der Waals surface area (Å²) in [4.78, 5) is 27.8. The highest BCUT2D eigenvalue weighted by Crippen LogP contribution is 2.40. The maximum absolute atomic E-state index is 13.3. The first-order valence-corrected chi connectivity index (χ1v) is 10.7. The van der Waals surface area contributed by atoms with Crippen molar-refractivity contribution in [3.63, 3.8) is 0 Å². The molecule has 2 aromatic carbocycles. The molecule has 0 atom stereocenters. The lowest BCUT2D eigenvalue weighted by Gasteiger charge is -2.28. The van der Waals surface area contributed by atoms with Crippen LogP contribution in [0.4, 0.5) is 0 Å². The van der Waals surface area contributed by atoms with Gasteiger partial charge < -0.3 is 29.2 Å². The second-order valence-electron chi connectivity index (χ2n) is 6.85. The Morgan fingerprint density at radius 2 is 1.62 bits per heavy atom. The van der Waals surface area contributed by atoms with E-state index in [1.807, 2.05) is 0 Å². The van der Waals surface area contributed by atoms with E-state index in [0.29, 0.717) is 54.7 Å². The van der Waals surface area contributed by atoms with Crippen molar-refractivity contribution in [3.8, 4) is 17.2 Å². The summed E-state index contributed by atoms with van der Waals surface area (Å²) in [6, 6.07) is 10.3. The zero-order chi connectivity index (χ0) is 23.1. The van der Waals surface area contributed by atoms with E-state index in [2.05, 4.69) is 21.2 Å². The third-order valence-corrected chi connectivity index (χ3v) is 5.45. The normalized spacial score (nSPS) is 14.0. The minimum absolute atomic E-state index is 0.116. The van der Waals surface area contributed by atoms with Gasteiger partial charge in [-0.05, 0) is 42.5 Å². The Bertz CT molecular complexity index is 1000. The molecule has 1 aliphatic rings. The second-order valence-corrected chi connectivity index (χ2v) is 7.76. The molecule has 3 rings (SSSR count). The molecule has 2 aromatic rings. The van der Waals surface area contributed by atoms with Crippen LogP contribution in [-0.2, 0) is 9.53 Å². The predicted octanol–water partition coefficient (Wildman–Crippen LogP) is 3.10. The van der Waals surface area contributed by atoms with Gasteiger partial charge in [0.05, 0.1) is 34.5 Å². The Morgan fingerprint density at radius 3 is 2.22 bits per heavy atom. The van der Waals surface area contributed by atoms with Gasteiger partial charge in [-0.3, -0.25) is 9.59 Å². The standard InChI is InChI=1S/C23H25BrN2O6/c1-29-19-9-6-16(20(30-2)21(19)31-3)14-18(23(28)26-10-12-32-13-11-26)25-22(27)15-4-7-17(24)8-5-15/h4-9,14H,10-13H2,1-3H3,(H,25,27). The van der Waals surface area contributed by atoms with E-state index < -0.39 is 5.91 Å². The minimum atomic E-state index is -0.398. The highest BCUT2D eigenvalue weighted by Gasteiger charge is 2.24. The van der Waals surface area contributed by atoms with Gasteiger partial charge in [0, 0.05) is 28.7 Å². The van der Waals surface area contributed by atoms with Crippen LogP contribution in [0.3, 0.4) is 0 Å². The highest BCUT2D eigenvalue weighted by molar-refractivity contribution is 9.10. The minimum Gasteiger partial charge on any atom is -0.493 e. The van der Waals surface area contributed by atoms with Gasteiger partial charge in [-0.25, -0.2) is 0 Å². The Labute approximate surface area is 195 Å². The van der Waals surface area contributed by atoms with Crippen LogP contribution in [0.15, 0.2) is 46.6 Å². The summed E-state index contributed by atoms with van der Waals surface area (Å²) in [5.74, 6) is 0.556. The van der Waals surface area contributed by atoms with Crippen molar-refractivity contribution in [2.24, 2.45) is 0 Å². The van der Waals surface area contributed by atoms with E-state index in [1.54, 1.807) is 47.4 Å². The number of carbonyl (C=O) groups is 2. The lowest BCUT2D eigenvalue weighted by atomic mass is 10.1. The monoisotopic (exact) mass is 504 g/mol. The van der Waals surface area contributed by atoms with Crippen LogP contribution < -0.4 is 19.5 Å². The summed E-state index contributed by atoms with van der Waals surface area (Å²) in [6.07, 6.45) is 1.58. The van der Waals surface area contributed by atoms with Crippen LogP contribution in [0.1, 0.15) is 15.9 Å². The molecule has 1 fully saturated rings. The summed E-state index contributed by atoms with van der Waals surface area (Å²) < 4.78 is 22.5. The lowest BCUT2D eigenvalue weighted by molar-refractivity contribution is -0.131. The van der Waals surface area contributed by atoms with Gasteiger partial charge in [0.1, 0.15) is 5.70 Å². The summed E-state index contributed by atoms with van der Waals surface area (Å²) in [5.41, 5.74) is 1.09. The van der Waals surface area contributed by atoms with Crippen molar-refractivity contribution in [1.29, 1.82) is 0 Å². The third kappa shape index (κ3) is 5.41. The van der Waals surface area contributed by atoms with Crippen LogP contribution >= 0.6 is 15.9 Å². The summed E-state index contributed by atoms with van der Waals surface area (Å²) in [7, 11) is 4.53. The van der Waals surface area contributed by atoms with Crippen molar-refractivity contribution >= 4 is 33.8 Å². The van der Waals surface area contributed by atoms with Crippen LogP contribution in [0.25, 0.3) is 6.08 Å². The number of hydrogen-bond acceptors (Lipinski definition) is 6. The molecule has 32 heavy (non-hydrogen) atoms. The fourth-order valence-electron chi connectivity index (χ4n) is 3.28. The predicted molar refractivity (Wildman–Crippen MR) is 123 cm³/mol. The molecule has 1 saturated heterocycles. The molecule has 170 valence electrons. The number of halogens is 1. The number of carbonyl (C=O) groups excluding carboxylic acids is 2. The second kappa shape index (κ2) is 11.0. The number of methoxy groups -OCH3 is 3. The number of nitrogens with zero attached hydrogens (tertiary/aromatic N) is 1. The van der Waals surface area contributed by atoms with E-state index in [1.165, 1.54) is 21.3 Å². The number of hydrogen-bond donors (Lipinski definition) is 1. The molecule has 0 unspecified atom stereocenters. The number of morpholine rings is 1. The van der Waals surface area contributed by atoms with E-state index in [-0.39, 0.29) is 11.6 Å². The first-order chi connectivity index (χ1) is 15.5. The van der Waals surface area contributed by atoms with E-state index in [0.717, 1.165) is 4.47 Å². The van der Waals surface area contributed by atoms with Gasteiger partial charge in [-0.15, -0.1) is 0 Å². The van der Waals surface area contributed by atoms with E-state index >= 15 is 0 Å². The number of benzene rings is 2. The fourth-order valence-corrected chi connectivity index (χ4v) is 3.54. The maximum Gasteiger partial charge on any atom is 0.270 e. The smallest absolute Gasteiger partial charge is 0.270 e. The van der Waals surface area contributed by atoms with Gasteiger partial charge in [-0.2, -0.15) is 0 Å². The molecular weight excluding hydrogens is 480 g/mol. The molecule has 0 bridgehead atoms. The average molecular weight is 505 g/mol. The average Bonchev–Trinajstić information content (AvgIpc) is 2.83. The molecular formula is C23H25BrN2O6. The highest BCUT2D eigenvalue weighted by atomic mass is 79.9. The quantitative estimate of drug-likeness (QED) is 0.583. The first kappa shape index (κ1) is 23.6. The zero-order valence-corrected chi connectivity index (χ0v) is 19.7. The van der Waals surface area contributed by atoms with Crippen LogP contribution in [0, 0.1) is 0 Å². The van der Waals surface area contributed by atoms with Crippen LogP contribution in [-0.4, -0.2) is 64.3 Å². The number of ether oxygens (including phenoxy) is 4. The maximum atomic E-state index is 13.3. The van der Waals surface area contributed by atoms with Crippen molar-refractivity contribution < 1.29 is 28.5 Å². The molecule has 0 saturated carbocycles. The van der Waals surface area contributed by atoms with Crippen LogP contribution in [0.5, 0.6) is 17.2 Å². The molecule has 2 amide bonds. The molecule has 9 heteroatoms. The molecule has 1 heterocycles. The topological polar surface area (TPSA) is 86.3 Å². The Kier molecular flexibility index (Phi) is 8.13. The van der Waals surface area contributed by atoms with Gasteiger partial charge in [-0.1, -0.05) is 15.9 Å². The number of nitrogens with one attached hydrogen (secondary N) is 1. The Hall–Kier alpha value is -3.04. The van der Waals surface area contributed by atoms with Gasteiger partial charge in [0.2, 0.25) is 5.75 Å². The fraction of sp³-hybridized carbons (Fsp3) is 0.304. The molecule has 0 spiro atoms.